The van der Waals surface area contributed by atoms with Gasteiger partial charge in [0.25, 0.3) is 0 Å². The summed E-state index contributed by atoms with van der Waals surface area (Å²) in [6, 6.07) is 1.38. The first kappa shape index (κ1) is 13.5. The SMILES string of the molecule is CC#CCCN1CCC(NCC)C(C)C1C. The molecule has 0 aromatic heterocycles. The Kier molecular flexibility index (Phi) is 5.87. The minimum Gasteiger partial charge on any atom is -0.314 e. The normalized spacial score (nSPS) is 30.9. The van der Waals surface area contributed by atoms with Gasteiger partial charge in [-0.05, 0) is 39.3 Å². The van der Waals surface area contributed by atoms with E-state index in [2.05, 4.69) is 42.8 Å². The lowest BCUT2D eigenvalue weighted by Crippen LogP contribution is -2.53. The van der Waals surface area contributed by atoms with Crippen LogP contribution < -0.4 is 5.32 Å². The van der Waals surface area contributed by atoms with Gasteiger partial charge in [-0.25, -0.2) is 0 Å². The molecule has 0 spiro atoms. The maximum Gasteiger partial charge on any atom is 0.0217 e. The topological polar surface area (TPSA) is 15.3 Å². The molecular weight excluding hydrogens is 196 g/mol. The van der Waals surface area contributed by atoms with Gasteiger partial charge >= 0.3 is 0 Å². The fraction of sp³-hybridized carbons (Fsp3) is 0.857. The Morgan fingerprint density at radius 1 is 1.38 bits per heavy atom. The van der Waals surface area contributed by atoms with Crippen LogP contribution in [0.15, 0.2) is 0 Å². The molecule has 1 aliphatic rings. The van der Waals surface area contributed by atoms with E-state index >= 15 is 0 Å². The predicted molar refractivity (Wildman–Crippen MR) is 70.3 cm³/mol. The lowest BCUT2D eigenvalue weighted by Gasteiger charge is -2.42. The highest BCUT2D eigenvalue weighted by molar-refractivity contribution is 4.97. The number of likely N-dealkylation sites (tertiary alicyclic amines) is 1. The van der Waals surface area contributed by atoms with E-state index in [0.717, 1.165) is 25.4 Å². The molecule has 0 aromatic rings. The maximum absolute atomic E-state index is 3.60. The van der Waals surface area contributed by atoms with Gasteiger partial charge in [-0.3, -0.25) is 4.90 Å². The molecule has 1 rings (SSSR count). The molecule has 0 saturated carbocycles. The molecule has 92 valence electrons. The van der Waals surface area contributed by atoms with Crippen LogP contribution in [0.3, 0.4) is 0 Å². The van der Waals surface area contributed by atoms with E-state index in [1.165, 1.54) is 13.0 Å². The van der Waals surface area contributed by atoms with Crippen LogP contribution in [0.2, 0.25) is 0 Å². The van der Waals surface area contributed by atoms with Gasteiger partial charge in [0.1, 0.15) is 0 Å². The Morgan fingerprint density at radius 2 is 2.12 bits per heavy atom. The van der Waals surface area contributed by atoms with Crippen LogP contribution in [0.4, 0.5) is 0 Å². The second-order valence-electron chi connectivity index (χ2n) is 4.77. The number of hydrogen-bond acceptors (Lipinski definition) is 2. The van der Waals surface area contributed by atoms with Crippen LogP contribution in [0.1, 0.15) is 40.5 Å². The molecule has 3 atom stereocenters. The van der Waals surface area contributed by atoms with E-state index in [1.54, 1.807) is 0 Å². The van der Waals surface area contributed by atoms with Gasteiger partial charge in [-0.1, -0.05) is 13.8 Å². The smallest absolute Gasteiger partial charge is 0.0217 e. The van der Waals surface area contributed by atoms with Crippen LogP contribution in [-0.2, 0) is 0 Å². The molecule has 1 saturated heterocycles. The van der Waals surface area contributed by atoms with Gasteiger partial charge < -0.3 is 5.32 Å². The minimum absolute atomic E-state index is 0.677. The zero-order chi connectivity index (χ0) is 12.0. The third kappa shape index (κ3) is 3.50. The van der Waals surface area contributed by atoms with Crippen molar-refractivity contribution in [2.45, 2.75) is 52.6 Å². The van der Waals surface area contributed by atoms with Gasteiger partial charge in [-0.15, -0.1) is 11.8 Å². The van der Waals surface area contributed by atoms with Crippen LogP contribution in [-0.4, -0.2) is 36.6 Å². The first-order valence-corrected chi connectivity index (χ1v) is 6.57. The van der Waals surface area contributed by atoms with Gasteiger partial charge in [0, 0.05) is 25.0 Å². The molecule has 0 aliphatic carbocycles. The fourth-order valence-corrected chi connectivity index (χ4v) is 2.63. The van der Waals surface area contributed by atoms with Crippen molar-refractivity contribution in [2.24, 2.45) is 5.92 Å². The standard InChI is InChI=1S/C14H26N2/c1-5-7-8-10-16-11-9-14(15-6-2)12(3)13(16)4/h12-15H,6,8-11H2,1-4H3. The van der Waals surface area contributed by atoms with Crippen molar-refractivity contribution in [2.75, 3.05) is 19.6 Å². The van der Waals surface area contributed by atoms with E-state index in [1.807, 2.05) is 6.92 Å². The summed E-state index contributed by atoms with van der Waals surface area (Å²) in [7, 11) is 0. The Bertz CT molecular complexity index is 251. The average Bonchev–Trinajstić information content (AvgIpc) is 2.28. The van der Waals surface area contributed by atoms with Crippen molar-refractivity contribution in [3.8, 4) is 11.8 Å². The van der Waals surface area contributed by atoms with Crippen LogP contribution >= 0.6 is 0 Å². The summed E-state index contributed by atoms with van der Waals surface area (Å²) in [5, 5.41) is 3.60. The van der Waals surface area contributed by atoms with Crippen LogP contribution in [0, 0.1) is 17.8 Å². The lowest BCUT2D eigenvalue weighted by molar-refractivity contribution is 0.0878. The van der Waals surface area contributed by atoms with E-state index in [-0.39, 0.29) is 0 Å². The van der Waals surface area contributed by atoms with Gasteiger partial charge in [-0.2, -0.15) is 0 Å². The molecular formula is C14H26N2. The Labute approximate surface area is 101 Å². The number of rotatable bonds is 4. The molecule has 0 amide bonds. The molecule has 2 heteroatoms. The summed E-state index contributed by atoms with van der Waals surface area (Å²) in [5.74, 6) is 6.87. The summed E-state index contributed by atoms with van der Waals surface area (Å²) in [5.41, 5.74) is 0. The summed E-state index contributed by atoms with van der Waals surface area (Å²) in [4.78, 5) is 2.59. The number of nitrogens with zero attached hydrogens (tertiary/aromatic N) is 1. The molecule has 0 aromatic carbocycles. The van der Waals surface area contributed by atoms with Crippen molar-refractivity contribution in [1.82, 2.24) is 10.2 Å². The number of piperidine rings is 1. The highest BCUT2D eigenvalue weighted by atomic mass is 15.2. The van der Waals surface area contributed by atoms with E-state index in [0.29, 0.717) is 12.1 Å². The molecule has 1 aliphatic heterocycles. The average molecular weight is 222 g/mol. The zero-order valence-corrected chi connectivity index (χ0v) is 11.2. The van der Waals surface area contributed by atoms with Crippen molar-refractivity contribution in [1.29, 1.82) is 0 Å². The Morgan fingerprint density at radius 3 is 2.75 bits per heavy atom. The van der Waals surface area contributed by atoms with Crippen LogP contribution in [0.25, 0.3) is 0 Å². The third-order valence-electron chi connectivity index (χ3n) is 3.87. The van der Waals surface area contributed by atoms with E-state index < -0.39 is 0 Å². The van der Waals surface area contributed by atoms with Crippen LogP contribution in [0.5, 0.6) is 0 Å². The molecule has 2 nitrogen and oxygen atoms in total. The van der Waals surface area contributed by atoms with E-state index in [4.69, 9.17) is 0 Å². The summed E-state index contributed by atoms with van der Waals surface area (Å²) >= 11 is 0. The molecule has 3 unspecified atom stereocenters. The molecule has 16 heavy (non-hydrogen) atoms. The first-order chi connectivity index (χ1) is 7.70. The van der Waals surface area contributed by atoms with Gasteiger partial charge in [0.15, 0.2) is 0 Å². The third-order valence-corrected chi connectivity index (χ3v) is 3.87. The highest BCUT2D eigenvalue weighted by Crippen LogP contribution is 2.23. The lowest BCUT2D eigenvalue weighted by atomic mass is 9.87. The summed E-state index contributed by atoms with van der Waals surface area (Å²) in [6.45, 7) is 12.3. The second kappa shape index (κ2) is 6.93. The van der Waals surface area contributed by atoms with Gasteiger partial charge in [0.05, 0.1) is 0 Å². The molecule has 0 bridgehead atoms. The fourth-order valence-electron chi connectivity index (χ4n) is 2.63. The Balaban J connectivity index is 2.43. The summed E-state index contributed by atoms with van der Waals surface area (Å²) in [6.07, 6.45) is 2.29. The first-order valence-electron chi connectivity index (χ1n) is 6.57. The summed E-state index contributed by atoms with van der Waals surface area (Å²) < 4.78 is 0. The quantitative estimate of drug-likeness (QED) is 0.733. The molecule has 1 N–H and O–H groups in total. The second-order valence-corrected chi connectivity index (χ2v) is 4.77. The van der Waals surface area contributed by atoms with Crippen molar-refractivity contribution < 1.29 is 0 Å². The molecule has 1 fully saturated rings. The van der Waals surface area contributed by atoms with E-state index in [9.17, 15) is 0 Å². The zero-order valence-electron chi connectivity index (χ0n) is 11.2. The van der Waals surface area contributed by atoms with Crippen molar-refractivity contribution in [3.05, 3.63) is 0 Å². The van der Waals surface area contributed by atoms with Gasteiger partial charge in [0.2, 0.25) is 0 Å². The number of nitrogens with one attached hydrogen (secondary N) is 1. The highest BCUT2D eigenvalue weighted by Gasteiger charge is 2.31. The number of hydrogen-bond donors (Lipinski definition) is 1. The molecule has 1 heterocycles. The molecule has 0 radical (unpaired) electrons. The predicted octanol–water partition coefficient (Wildman–Crippen LogP) is 2.11. The minimum atomic E-state index is 0.677. The van der Waals surface area contributed by atoms with Crippen molar-refractivity contribution in [3.63, 3.8) is 0 Å². The Hall–Kier alpha value is -0.520. The van der Waals surface area contributed by atoms with Crippen molar-refractivity contribution >= 4 is 0 Å². The maximum atomic E-state index is 3.60. The largest absolute Gasteiger partial charge is 0.314 e. The monoisotopic (exact) mass is 222 g/mol.